The predicted octanol–water partition coefficient (Wildman–Crippen LogP) is 0.281. The summed E-state index contributed by atoms with van der Waals surface area (Å²) in [7, 11) is -4.42. The van der Waals surface area contributed by atoms with Crippen molar-refractivity contribution in [2.45, 2.75) is 6.61 Å². The Balaban J connectivity index is 2.47. The third-order valence-corrected chi connectivity index (χ3v) is 3.65. The quantitative estimate of drug-likeness (QED) is 0.592. The lowest BCUT2D eigenvalue weighted by atomic mass is 10.3. The normalized spacial score (nSPS) is 11.9. The Morgan fingerprint density at radius 2 is 2.18 bits per heavy atom. The molecule has 2 aromatic rings. The number of anilines is 1. The Morgan fingerprint density at radius 3 is 2.71 bits per heavy atom. The standard InChI is InChI=1S/C8H9N2O5PS/c9-8-10-7(5(3-11)17-8)4-1-2-6(15-4)16(12,13)14/h1-2,11H,3H2,(H2,9,10)(H2,12,13,14). The second-order valence-electron chi connectivity index (χ2n) is 3.16. The van der Waals surface area contributed by atoms with Crippen LogP contribution >= 0.6 is 18.9 Å². The zero-order chi connectivity index (χ0) is 12.6. The van der Waals surface area contributed by atoms with Crippen LogP contribution in [0.5, 0.6) is 0 Å². The van der Waals surface area contributed by atoms with Crippen LogP contribution in [0.2, 0.25) is 0 Å². The average Bonchev–Trinajstić information content (AvgIpc) is 2.81. The molecule has 2 heterocycles. The molecule has 0 aliphatic carbocycles. The lowest BCUT2D eigenvalue weighted by Gasteiger charge is -1.98. The Labute approximate surface area is 99.7 Å². The zero-order valence-corrected chi connectivity index (χ0v) is 10.1. The zero-order valence-electron chi connectivity index (χ0n) is 8.40. The van der Waals surface area contributed by atoms with Crippen LogP contribution < -0.4 is 11.2 Å². The molecule has 0 atom stereocenters. The van der Waals surface area contributed by atoms with Gasteiger partial charge in [0.2, 0.25) is 5.50 Å². The van der Waals surface area contributed by atoms with Crippen molar-refractivity contribution in [3.8, 4) is 11.5 Å². The maximum atomic E-state index is 10.9. The second-order valence-corrected chi connectivity index (χ2v) is 5.81. The fourth-order valence-corrected chi connectivity index (χ4v) is 2.46. The van der Waals surface area contributed by atoms with Crippen LogP contribution in [0.25, 0.3) is 11.5 Å². The fourth-order valence-electron chi connectivity index (χ4n) is 1.28. The Hall–Kier alpha value is -1.18. The third kappa shape index (κ3) is 2.41. The molecule has 0 bridgehead atoms. The molecule has 0 amide bonds. The molecule has 2 rings (SSSR count). The van der Waals surface area contributed by atoms with Crippen molar-refractivity contribution in [3.05, 3.63) is 17.0 Å². The molecule has 92 valence electrons. The summed E-state index contributed by atoms with van der Waals surface area (Å²) in [5, 5.41) is 9.33. The first-order chi connectivity index (χ1) is 7.91. The van der Waals surface area contributed by atoms with Crippen LogP contribution in [-0.2, 0) is 11.2 Å². The van der Waals surface area contributed by atoms with E-state index >= 15 is 0 Å². The molecule has 9 heteroatoms. The van der Waals surface area contributed by atoms with Crippen molar-refractivity contribution in [2.24, 2.45) is 0 Å². The monoisotopic (exact) mass is 276 g/mol. The number of nitrogens with two attached hydrogens (primary N) is 1. The largest absolute Gasteiger partial charge is 0.446 e. The predicted molar refractivity (Wildman–Crippen MR) is 61.8 cm³/mol. The van der Waals surface area contributed by atoms with E-state index in [0.717, 1.165) is 11.3 Å². The highest BCUT2D eigenvalue weighted by Crippen LogP contribution is 2.37. The summed E-state index contributed by atoms with van der Waals surface area (Å²) in [6.45, 7) is -0.268. The molecule has 7 nitrogen and oxygen atoms in total. The molecular formula is C8H9N2O5PS. The fraction of sp³-hybridized carbons (Fsp3) is 0.125. The minimum Gasteiger partial charge on any atom is -0.446 e. The summed E-state index contributed by atoms with van der Waals surface area (Å²) >= 11 is 1.09. The van der Waals surface area contributed by atoms with Crippen LogP contribution in [0.3, 0.4) is 0 Å². The van der Waals surface area contributed by atoms with Gasteiger partial charge in [-0.1, -0.05) is 11.3 Å². The van der Waals surface area contributed by atoms with Gasteiger partial charge in [-0.25, -0.2) is 4.98 Å². The minimum absolute atomic E-state index is 0.167. The number of aliphatic hydroxyl groups excluding tert-OH is 1. The van der Waals surface area contributed by atoms with Gasteiger partial charge in [0, 0.05) is 0 Å². The number of nitrogens with zero attached hydrogens (tertiary/aromatic N) is 1. The van der Waals surface area contributed by atoms with Crippen molar-refractivity contribution in [1.82, 2.24) is 4.98 Å². The van der Waals surface area contributed by atoms with Gasteiger partial charge in [0.15, 0.2) is 10.9 Å². The van der Waals surface area contributed by atoms with Crippen LogP contribution in [0.15, 0.2) is 16.5 Å². The van der Waals surface area contributed by atoms with E-state index in [-0.39, 0.29) is 17.5 Å². The van der Waals surface area contributed by atoms with E-state index in [0.29, 0.717) is 10.6 Å². The number of aliphatic hydroxyl groups is 1. The van der Waals surface area contributed by atoms with E-state index in [1.54, 1.807) is 0 Å². The lowest BCUT2D eigenvalue weighted by molar-refractivity contribution is 0.285. The summed E-state index contributed by atoms with van der Waals surface area (Å²) in [6.07, 6.45) is 0. The van der Waals surface area contributed by atoms with Gasteiger partial charge >= 0.3 is 7.60 Å². The number of rotatable bonds is 3. The molecule has 0 aliphatic heterocycles. The Kier molecular flexibility index (Phi) is 3.07. The van der Waals surface area contributed by atoms with Gasteiger partial charge in [0.05, 0.1) is 11.5 Å². The smallest absolute Gasteiger partial charge is 0.391 e. The van der Waals surface area contributed by atoms with E-state index in [1.165, 1.54) is 12.1 Å². The molecule has 0 aromatic carbocycles. The van der Waals surface area contributed by atoms with Crippen molar-refractivity contribution in [1.29, 1.82) is 0 Å². The first kappa shape index (κ1) is 12.3. The van der Waals surface area contributed by atoms with Gasteiger partial charge < -0.3 is 25.0 Å². The number of aromatic nitrogens is 1. The van der Waals surface area contributed by atoms with Crippen molar-refractivity contribution >= 4 is 29.6 Å². The highest BCUT2D eigenvalue weighted by Gasteiger charge is 2.24. The van der Waals surface area contributed by atoms with E-state index in [4.69, 9.17) is 25.0 Å². The number of furan rings is 1. The molecule has 0 saturated heterocycles. The average molecular weight is 276 g/mol. The maximum absolute atomic E-state index is 10.9. The van der Waals surface area contributed by atoms with Crippen molar-refractivity contribution in [3.63, 3.8) is 0 Å². The van der Waals surface area contributed by atoms with E-state index < -0.39 is 13.1 Å². The minimum atomic E-state index is -4.42. The number of hydrogen-bond donors (Lipinski definition) is 4. The number of thiazole rings is 1. The van der Waals surface area contributed by atoms with Gasteiger partial charge in [0.25, 0.3) is 0 Å². The first-order valence-electron chi connectivity index (χ1n) is 4.44. The summed E-state index contributed by atoms with van der Waals surface area (Å²) in [6, 6.07) is 2.55. The molecule has 0 radical (unpaired) electrons. The molecule has 17 heavy (non-hydrogen) atoms. The number of hydrogen-bond acceptors (Lipinski definition) is 6. The molecule has 0 aliphatic rings. The molecule has 0 unspecified atom stereocenters. The highest BCUT2D eigenvalue weighted by atomic mass is 32.1. The summed E-state index contributed by atoms with van der Waals surface area (Å²) in [4.78, 5) is 22.2. The third-order valence-electron chi connectivity index (χ3n) is 1.97. The SMILES string of the molecule is Nc1nc(-c2ccc(P(=O)(O)O)o2)c(CO)s1. The van der Waals surface area contributed by atoms with E-state index in [1.807, 2.05) is 0 Å². The Morgan fingerprint density at radius 1 is 1.47 bits per heavy atom. The molecule has 5 N–H and O–H groups in total. The highest BCUT2D eigenvalue weighted by molar-refractivity contribution is 7.59. The second kappa shape index (κ2) is 4.25. The van der Waals surface area contributed by atoms with Gasteiger partial charge in [-0.2, -0.15) is 0 Å². The molecular weight excluding hydrogens is 267 g/mol. The lowest BCUT2D eigenvalue weighted by Crippen LogP contribution is -1.98. The molecule has 0 saturated carbocycles. The Bertz CT molecular complexity index is 587. The van der Waals surface area contributed by atoms with E-state index in [2.05, 4.69) is 4.98 Å². The van der Waals surface area contributed by atoms with Crippen LogP contribution in [0.1, 0.15) is 4.88 Å². The summed E-state index contributed by atoms with van der Waals surface area (Å²) < 4.78 is 16.0. The van der Waals surface area contributed by atoms with Crippen molar-refractivity contribution < 1.29 is 23.9 Å². The summed E-state index contributed by atoms with van der Waals surface area (Å²) in [5.74, 6) is 0.167. The van der Waals surface area contributed by atoms with Gasteiger partial charge in [-0.3, -0.25) is 4.57 Å². The molecule has 0 spiro atoms. The molecule has 0 fully saturated rings. The van der Waals surface area contributed by atoms with E-state index in [9.17, 15) is 4.57 Å². The maximum Gasteiger partial charge on any atom is 0.391 e. The van der Waals surface area contributed by atoms with Gasteiger partial charge in [-0.15, -0.1) is 0 Å². The first-order valence-corrected chi connectivity index (χ1v) is 6.87. The summed E-state index contributed by atoms with van der Waals surface area (Å²) in [5.41, 5.74) is 5.34. The van der Waals surface area contributed by atoms with Crippen LogP contribution in [-0.4, -0.2) is 19.9 Å². The van der Waals surface area contributed by atoms with Gasteiger partial charge in [-0.05, 0) is 12.1 Å². The topological polar surface area (TPSA) is 130 Å². The van der Waals surface area contributed by atoms with Crippen LogP contribution in [0.4, 0.5) is 5.13 Å². The van der Waals surface area contributed by atoms with Gasteiger partial charge in [0.1, 0.15) is 5.69 Å². The number of nitrogen functional groups attached to an aromatic ring is 1. The van der Waals surface area contributed by atoms with Crippen LogP contribution in [0, 0.1) is 0 Å². The van der Waals surface area contributed by atoms with Crippen molar-refractivity contribution in [2.75, 3.05) is 5.73 Å². The molecule has 2 aromatic heterocycles.